The van der Waals surface area contributed by atoms with Crippen LogP contribution in [0.2, 0.25) is 0 Å². The van der Waals surface area contributed by atoms with Crippen molar-refractivity contribution in [3.8, 4) is 0 Å². The number of carbonyl (C=O) groups is 1. The van der Waals surface area contributed by atoms with Gasteiger partial charge in [-0.25, -0.2) is 0 Å². The maximum absolute atomic E-state index is 11.9. The standard InChI is InChI=1S/C14H14BrNO2/c1-10(9-13-3-2-8-18-13)16-14(17)11-4-6-12(15)7-5-11/h2-8,10H,9H2,1H3,(H,16,17). The van der Waals surface area contributed by atoms with Crippen LogP contribution in [0.25, 0.3) is 0 Å². The molecule has 0 spiro atoms. The van der Waals surface area contributed by atoms with Gasteiger partial charge in [0.05, 0.1) is 6.26 Å². The van der Waals surface area contributed by atoms with Crippen molar-refractivity contribution in [2.45, 2.75) is 19.4 Å². The van der Waals surface area contributed by atoms with E-state index in [0.29, 0.717) is 12.0 Å². The van der Waals surface area contributed by atoms with Gasteiger partial charge in [-0.1, -0.05) is 15.9 Å². The van der Waals surface area contributed by atoms with Crippen LogP contribution in [0.15, 0.2) is 51.6 Å². The average Bonchev–Trinajstić information content (AvgIpc) is 2.82. The zero-order valence-corrected chi connectivity index (χ0v) is 11.6. The fourth-order valence-electron chi connectivity index (χ4n) is 1.69. The number of nitrogens with one attached hydrogen (secondary N) is 1. The lowest BCUT2D eigenvalue weighted by molar-refractivity contribution is 0.0939. The van der Waals surface area contributed by atoms with Gasteiger partial charge in [0.15, 0.2) is 0 Å². The zero-order chi connectivity index (χ0) is 13.0. The number of halogens is 1. The first-order chi connectivity index (χ1) is 8.65. The Morgan fingerprint density at radius 3 is 2.67 bits per heavy atom. The van der Waals surface area contributed by atoms with Crippen molar-refractivity contribution in [1.29, 1.82) is 0 Å². The molecule has 0 saturated carbocycles. The smallest absolute Gasteiger partial charge is 0.251 e. The molecule has 0 aliphatic heterocycles. The third-order valence-electron chi connectivity index (χ3n) is 2.57. The summed E-state index contributed by atoms with van der Waals surface area (Å²) in [5.74, 6) is 0.806. The lowest BCUT2D eigenvalue weighted by Crippen LogP contribution is -2.33. The van der Waals surface area contributed by atoms with E-state index in [1.54, 1.807) is 18.4 Å². The Morgan fingerprint density at radius 2 is 2.06 bits per heavy atom. The van der Waals surface area contributed by atoms with Crippen LogP contribution in [0.3, 0.4) is 0 Å². The highest BCUT2D eigenvalue weighted by Gasteiger charge is 2.11. The highest BCUT2D eigenvalue weighted by Crippen LogP contribution is 2.11. The molecule has 0 fully saturated rings. The number of benzene rings is 1. The molecule has 18 heavy (non-hydrogen) atoms. The van der Waals surface area contributed by atoms with Gasteiger partial charge < -0.3 is 9.73 Å². The van der Waals surface area contributed by atoms with Crippen molar-refractivity contribution in [2.24, 2.45) is 0 Å². The molecule has 4 heteroatoms. The molecular weight excluding hydrogens is 294 g/mol. The van der Waals surface area contributed by atoms with Gasteiger partial charge in [-0.15, -0.1) is 0 Å². The predicted molar refractivity (Wildman–Crippen MR) is 73.5 cm³/mol. The van der Waals surface area contributed by atoms with Crippen molar-refractivity contribution in [3.63, 3.8) is 0 Å². The minimum Gasteiger partial charge on any atom is -0.469 e. The number of hydrogen-bond acceptors (Lipinski definition) is 2. The maximum Gasteiger partial charge on any atom is 0.251 e. The summed E-state index contributed by atoms with van der Waals surface area (Å²) in [6.45, 7) is 1.96. The first-order valence-electron chi connectivity index (χ1n) is 5.74. The Bertz CT molecular complexity index is 505. The van der Waals surface area contributed by atoms with Gasteiger partial charge in [-0.3, -0.25) is 4.79 Å². The molecule has 1 amide bonds. The number of furan rings is 1. The van der Waals surface area contributed by atoms with Crippen LogP contribution >= 0.6 is 15.9 Å². The SMILES string of the molecule is CC(Cc1ccco1)NC(=O)c1ccc(Br)cc1. The Kier molecular flexibility index (Phi) is 4.20. The van der Waals surface area contributed by atoms with Gasteiger partial charge in [0.1, 0.15) is 5.76 Å². The zero-order valence-electron chi connectivity index (χ0n) is 10.0. The third-order valence-corrected chi connectivity index (χ3v) is 3.10. The summed E-state index contributed by atoms with van der Waals surface area (Å²) in [6.07, 6.45) is 2.33. The molecular formula is C14H14BrNO2. The number of carbonyl (C=O) groups excluding carboxylic acids is 1. The molecule has 3 nitrogen and oxygen atoms in total. The van der Waals surface area contributed by atoms with Crippen LogP contribution in [0.5, 0.6) is 0 Å². The van der Waals surface area contributed by atoms with E-state index in [4.69, 9.17) is 4.42 Å². The molecule has 0 aliphatic rings. The molecule has 94 valence electrons. The van der Waals surface area contributed by atoms with Crippen LogP contribution < -0.4 is 5.32 Å². The minimum atomic E-state index is -0.0680. The molecule has 0 saturated heterocycles. The molecule has 2 rings (SSSR count). The number of hydrogen-bond donors (Lipinski definition) is 1. The van der Waals surface area contributed by atoms with Gasteiger partial charge in [-0.05, 0) is 43.3 Å². The summed E-state index contributed by atoms with van der Waals surface area (Å²) in [5, 5.41) is 2.94. The van der Waals surface area contributed by atoms with E-state index in [2.05, 4.69) is 21.2 Å². The van der Waals surface area contributed by atoms with Crippen LogP contribution in [-0.4, -0.2) is 11.9 Å². The van der Waals surface area contributed by atoms with Gasteiger partial charge in [0.25, 0.3) is 5.91 Å². The summed E-state index contributed by atoms with van der Waals surface area (Å²) >= 11 is 3.34. The van der Waals surface area contributed by atoms with E-state index in [-0.39, 0.29) is 11.9 Å². The molecule has 0 radical (unpaired) electrons. The molecule has 1 atom stereocenters. The molecule has 1 unspecified atom stereocenters. The third kappa shape index (κ3) is 3.47. The highest BCUT2D eigenvalue weighted by atomic mass is 79.9. The summed E-state index contributed by atoms with van der Waals surface area (Å²) in [6, 6.07) is 11.1. The Morgan fingerprint density at radius 1 is 1.33 bits per heavy atom. The molecule has 0 aliphatic carbocycles. The van der Waals surface area contributed by atoms with Gasteiger partial charge in [0, 0.05) is 22.5 Å². The number of amides is 1. The maximum atomic E-state index is 11.9. The van der Waals surface area contributed by atoms with Gasteiger partial charge >= 0.3 is 0 Å². The van der Waals surface area contributed by atoms with Gasteiger partial charge in [0.2, 0.25) is 0 Å². The van der Waals surface area contributed by atoms with Gasteiger partial charge in [-0.2, -0.15) is 0 Å². The van der Waals surface area contributed by atoms with E-state index in [1.165, 1.54) is 0 Å². The average molecular weight is 308 g/mol. The Balaban J connectivity index is 1.92. The van der Waals surface area contributed by atoms with Crippen LogP contribution in [0, 0.1) is 0 Å². The second kappa shape index (κ2) is 5.87. The topological polar surface area (TPSA) is 42.2 Å². The molecule has 1 aromatic carbocycles. The van der Waals surface area contributed by atoms with E-state index in [9.17, 15) is 4.79 Å². The Labute approximate surface area is 114 Å². The second-order valence-electron chi connectivity index (χ2n) is 4.16. The fraction of sp³-hybridized carbons (Fsp3) is 0.214. The summed E-state index contributed by atoms with van der Waals surface area (Å²) in [5.41, 5.74) is 0.657. The molecule has 1 N–H and O–H groups in total. The van der Waals surface area contributed by atoms with Crippen LogP contribution in [0.1, 0.15) is 23.0 Å². The normalized spacial score (nSPS) is 12.1. The molecule has 0 bridgehead atoms. The first kappa shape index (κ1) is 12.9. The highest BCUT2D eigenvalue weighted by molar-refractivity contribution is 9.10. The van der Waals surface area contributed by atoms with Crippen LogP contribution in [-0.2, 0) is 6.42 Å². The van der Waals surface area contributed by atoms with Crippen molar-refractivity contribution < 1.29 is 9.21 Å². The Hall–Kier alpha value is -1.55. The summed E-state index contributed by atoms with van der Waals surface area (Å²) in [4.78, 5) is 11.9. The van der Waals surface area contributed by atoms with Crippen LogP contribution in [0.4, 0.5) is 0 Å². The minimum absolute atomic E-state index is 0.0345. The van der Waals surface area contributed by atoms with E-state index >= 15 is 0 Å². The number of rotatable bonds is 4. The van der Waals surface area contributed by atoms with Crippen molar-refractivity contribution >= 4 is 21.8 Å². The fourth-order valence-corrected chi connectivity index (χ4v) is 1.95. The monoisotopic (exact) mass is 307 g/mol. The summed E-state index contributed by atoms with van der Waals surface area (Å²) in [7, 11) is 0. The molecule has 1 heterocycles. The summed E-state index contributed by atoms with van der Waals surface area (Å²) < 4.78 is 6.21. The second-order valence-corrected chi connectivity index (χ2v) is 5.08. The van der Waals surface area contributed by atoms with Crippen molar-refractivity contribution in [2.75, 3.05) is 0 Å². The largest absolute Gasteiger partial charge is 0.469 e. The van der Waals surface area contributed by atoms with E-state index in [1.807, 2.05) is 31.2 Å². The predicted octanol–water partition coefficient (Wildman–Crippen LogP) is 3.40. The lowest BCUT2D eigenvalue weighted by Gasteiger charge is -2.12. The quantitative estimate of drug-likeness (QED) is 0.940. The molecule has 1 aromatic heterocycles. The molecule has 2 aromatic rings. The van der Waals surface area contributed by atoms with Crippen molar-refractivity contribution in [3.05, 3.63) is 58.5 Å². The van der Waals surface area contributed by atoms with E-state index < -0.39 is 0 Å². The lowest BCUT2D eigenvalue weighted by atomic mass is 10.1. The van der Waals surface area contributed by atoms with Crippen molar-refractivity contribution in [1.82, 2.24) is 5.32 Å². The first-order valence-corrected chi connectivity index (χ1v) is 6.53. The van der Waals surface area contributed by atoms with E-state index in [0.717, 1.165) is 10.2 Å².